The molecule has 0 unspecified atom stereocenters. The largest absolute Gasteiger partial charge is 0.497 e. The number of methoxy groups -OCH3 is 1. The molecule has 1 fully saturated rings. The van der Waals surface area contributed by atoms with Crippen molar-refractivity contribution in [2.24, 2.45) is 0 Å². The Hall–Kier alpha value is -2.58. The molecule has 1 amide bonds. The number of likely N-dealkylation sites (N-methyl/N-ethyl adjacent to an activating group) is 1. The van der Waals surface area contributed by atoms with E-state index in [0.29, 0.717) is 23.5 Å². The lowest BCUT2D eigenvalue weighted by Gasteiger charge is -2.22. The van der Waals surface area contributed by atoms with Crippen LogP contribution >= 0.6 is 0 Å². The number of hydrogen-bond donors (Lipinski definition) is 0. The summed E-state index contributed by atoms with van der Waals surface area (Å²) >= 11 is 0. The molecule has 1 aliphatic rings. The summed E-state index contributed by atoms with van der Waals surface area (Å²) in [5.74, 6) is 0.465. The zero-order valence-electron chi connectivity index (χ0n) is 17.7. The Morgan fingerprint density at radius 2 is 1.73 bits per heavy atom. The molecule has 0 aliphatic carbocycles. The van der Waals surface area contributed by atoms with Crippen LogP contribution in [0.15, 0.2) is 53.4 Å². The first-order valence-electron chi connectivity index (χ1n) is 10.0. The van der Waals surface area contributed by atoms with Crippen molar-refractivity contribution in [3.05, 3.63) is 54.1 Å². The normalized spacial score (nSPS) is 14.5. The molecule has 3 rings (SSSR count). The number of carbonyl (C=O) groups is 1. The third-order valence-electron chi connectivity index (χ3n) is 5.47. The summed E-state index contributed by atoms with van der Waals surface area (Å²) in [6.45, 7) is 3.60. The van der Waals surface area contributed by atoms with Gasteiger partial charge in [0.1, 0.15) is 5.75 Å². The summed E-state index contributed by atoms with van der Waals surface area (Å²) in [6.07, 6.45) is 2.42. The average Bonchev–Trinajstić information content (AvgIpc) is 3.30. The van der Waals surface area contributed by atoms with Crippen molar-refractivity contribution in [3.63, 3.8) is 0 Å². The molecular weight excluding hydrogens is 402 g/mol. The van der Waals surface area contributed by atoms with Crippen LogP contribution in [0.1, 0.15) is 23.2 Å². The summed E-state index contributed by atoms with van der Waals surface area (Å²) in [6, 6.07) is 13.0. The molecule has 2 aromatic carbocycles. The number of likely N-dealkylation sites (tertiary alicyclic amines) is 1. The number of amides is 1. The van der Waals surface area contributed by atoms with Crippen LogP contribution in [0, 0.1) is 0 Å². The lowest BCUT2D eigenvalue weighted by Crippen LogP contribution is -2.35. The van der Waals surface area contributed by atoms with Crippen LogP contribution in [0.4, 0.5) is 5.69 Å². The third kappa shape index (κ3) is 4.94. The second-order valence-corrected chi connectivity index (χ2v) is 9.44. The van der Waals surface area contributed by atoms with E-state index in [4.69, 9.17) is 4.74 Å². The summed E-state index contributed by atoms with van der Waals surface area (Å²) in [5.41, 5.74) is 0.874. The van der Waals surface area contributed by atoms with E-state index in [9.17, 15) is 13.2 Å². The minimum absolute atomic E-state index is 0.0830. The predicted octanol–water partition coefficient (Wildman–Crippen LogP) is 2.69. The average molecular weight is 432 g/mol. The van der Waals surface area contributed by atoms with Crippen molar-refractivity contribution in [2.45, 2.75) is 17.7 Å². The highest BCUT2D eigenvalue weighted by Crippen LogP contribution is 2.25. The van der Waals surface area contributed by atoms with Crippen molar-refractivity contribution >= 4 is 21.6 Å². The van der Waals surface area contributed by atoms with Gasteiger partial charge < -0.3 is 14.5 Å². The molecule has 8 heteroatoms. The van der Waals surface area contributed by atoms with E-state index in [2.05, 4.69) is 4.90 Å². The van der Waals surface area contributed by atoms with E-state index < -0.39 is 10.0 Å². The van der Waals surface area contributed by atoms with E-state index in [1.807, 2.05) is 0 Å². The number of sulfonamides is 1. The van der Waals surface area contributed by atoms with Gasteiger partial charge in [0.2, 0.25) is 0 Å². The van der Waals surface area contributed by atoms with Gasteiger partial charge in [0.25, 0.3) is 15.9 Å². The van der Waals surface area contributed by atoms with Gasteiger partial charge in [-0.25, -0.2) is 8.42 Å². The number of benzene rings is 2. The number of anilines is 1. The Labute approximate surface area is 178 Å². The summed E-state index contributed by atoms with van der Waals surface area (Å²) in [7, 11) is 0.997. The van der Waals surface area contributed by atoms with Gasteiger partial charge in [-0.15, -0.1) is 0 Å². The molecule has 0 bridgehead atoms. The molecule has 0 saturated carbocycles. The Morgan fingerprint density at radius 1 is 1.07 bits per heavy atom. The zero-order valence-corrected chi connectivity index (χ0v) is 18.6. The molecule has 0 N–H and O–H groups in total. The molecule has 1 heterocycles. The minimum atomic E-state index is -3.81. The first-order valence-corrected chi connectivity index (χ1v) is 11.5. The molecule has 30 heavy (non-hydrogen) atoms. The maximum absolute atomic E-state index is 13.1. The number of ether oxygens (including phenoxy) is 1. The lowest BCUT2D eigenvalue weighted by atomic mass is 10.2. The fourth-order valence-corrected chi connectivity index (χ4v) is 4.74. The van der Waals surface area contributed by atoms with Gasteiger partial charge in [-0.3, -0.25) is 9.10 Å². The highest BCUT2D eigenvalue weighted by atomic mass is 32.2. The molecular formula is C22H29N3O4S. The van der Waals surface area contributed by atoms with Gasteiger partial charge >= 0.3 is 0 Å². The Kier molecular flexibility index (Phi) is 6.99. The van der Waals surface area contributed by atoms with Crippen LogP contribution in [0.2, 0.25) is 0 Å². The van der Waals surface area contributed by atoms with Gasteiger partial charge in [0, 0.05) is 32.7 Å². The van der Waals surface area contributed by atoms with E-state index >= 15 is 0 Å². The van der Waals surface area contributed by atoms with Crippen molar-refractivity contribution in [1.29, 1.82) is 0 Å². The maximum atomic E-state index is 13.1. The highest BCUT2D eigenvalue weighted by molar-refractivity contribution is 7.92. The molecule has 7 nitrogen and oxygen atoms in total. The second-order valence-electron chi connectivity index (χ2n) is 7.47. The molecule has 0 spiro atoms. The second kappa shape index (κ2) is 9.49. The number of rotatable bonds is 8. The van der Waals surface area contributed by atoms with Gasteiger partial charge in [-0.1, -0.05) is 6.07 Å². The standard InChI is InChI=1S/C22H29N3O4S/c1-23(15-16-25-13-4-5-14-25)22(26)18-7-6-8-21(17-18)30(27,28)24(2)19-9-11-20(29-3)12-10-19/h6-12,17H,4-5,13-16H2,1-3H3. The Morgan fingerprint density at radius 3 is 2.37 bits per heavy atom. The first kappa shape index (κ1) is 22.1. The van der Waals surface area contributed by atoms with Gasteiger partial charge in [0.15, 0.2) is 0 Å². The fraction of sp³-hybridized carbons (Fsp3) is 0.409. The molecule has 162 valence electrons. The summed E-state index contributed by atoms with van der Waals surface area (Å²) in [5, 5.41) is 0. The number of nitrogens with zero attached hydrogens (tertiary/aromatic N) is 3. The van der Waals surface area contributed by atoms with Crippen molar-refractivity contribution in [1.82, 2.24) is 9.80 Å². The van der Waals surface area contributed by atoms with Crippen LogP contribution in [0.25, 0.3) is 0 Å². The zero-order chi connectivity index (χ0) is 21.7. The number of carbonyl (C=O) groups excluding carboxylic acids is 1. The van der Waals surface area contributed by atoms with E-state index in [1.54, 1.807) is 55.5 Å². The van der Waals surface area contributed by atoms with E-state index in [0.717, 1.165) is 19.6 Å². The van der Waals surface area contributed by atoms with Gasteiger partial charge in [-0.2, -0.15) is 0 Å². The van der Waals surface area contributed by atoms with E-state index in [1.165, 1.54) is 36.3 Å². The highest BCUT2D eigenvalue weighted by Gasteiger charge is 2.23. The van der Waals surface area contributed by atoms with Gasteiger partial charge in [0.05, 0.1) is 17.7 Å². The van der Waals surface area contributed by atoms with Crippen LogP contribution < -0.4 is 9.04 Å². The van der Waals surface area contributed by atoms with Crippen LogP contribution in [0.5, 0.6) is 5.75 Å². The monoisotopic (exact) mass is 431 g/mol. The maximum Gasteiger partial charge on any atom is 0.264 e. The van der Waals surface area contributed by atoms with Crippen LogP contribution in [-0.2, 0) is 10.0 Å². The fourth-order valence-electron chi connectivity index (χ4n) is 3.50. The Balaban J connectivity index is 1.74. The van der Waals surface area contributed by atoms with Crippen molar-refractivity contribution in [3.8, 4) is 5.75 Å². The van der Waals surface area contributed by atoms with Crippen molar-refractivity contribution < 1.29 is 17.9 Å². The lowest BCUT2D eigenvalue weighted by molar-refractivity contribution is 0.0782. The quantitative estimate of drug-likeness (QED) is 0.643. The van der Waals surface area contributed by atoms with Crippen LogP contribution in [0.3, 0.4) is 0 Å². The molecule has 0 aromatic heterocycles. The summed E-state index contributed by atoms with van der Waals surface area (Å²) < 4.78 is 32.5. The molecule has 0 atom stereocenters. The summed E-state index contributed by atoms with van der Waals surface area (Å²) in [4.78, 5) is 16.9. The minimum Gasteiger partial charge on any atom is -0.497 e. The van der Waals surface area contributed by atoms with E-state index in [-0.39, 0.29) is 10.8 Å². The van der Waals surface area contributed by atoms with Crippen molar-refractivity contribution in [2.75, 3.05) is 51.7 Å². The van der Waals surface area contributed by atoms with Crippen LogP contribution in [-0.4, -0.2) is 71.5 Å². The Bertz CT molecular complexity index is 970. The SMILES string of the molecule is COc1ccc(N(C)S(=O)(=O)c2cccc(C(=O)N(C)CCN3CCCC3)c2)cc1. The third-order valence-corrected chi connectivity index (χ3v) is 7.25. The smallest absolute Gasteiger partial charge is 0.264 e. The van der Waals surface area contributed by atoms with Gasteiger partial charge in [-0.05, 0) is 68.4 Å². The topological polar surface area (TPSA) is 70.2 Å². The molecule has 0 radical (unpaired) electrons. The number of hydrogen-bond acceptors (Lipinski definition) is 5. The first-order chi connectivity index (χ1) is 14.3. The predicted molar refractivity (Wildman–Crippen MR) is 118 cm³/mol. The molecule has 1 saturated heterocycles. The molecule has 1 aliphatic heterocycles. The molecule has 2 aromatic rings.